The summed E-state index contributed by atoms with van der Waals surface area (Å²) in [5, 5.41) is 1.27. The van der Waals surface area contributed by atoms with Crippen LogP contribution in [0.25, 0.3) is 34.2 Å². The average Bonchev–Trinajstić information content (AvgIpc) is 3.16. The maximum absolute atomic E-state index is 6.52. The van der Waals surface area contributed by atoms with E-state index in [0.29, 0.717) is 0 Å². The first-order valence-corrected chi connectivity index (χ1v) is 11.5. The molecule has 6 rings (SSSR count). The first-order chi connectivity index (χ1) is 13.5. The normalized spacial score (nSPS) is 18.1. The van der Waals surface area contributed by atoms with Gasteiger partial charge in [-0.2, -0.15) is 0 Å². The summed E-state index contributed by atoms with van der Waals surface area (Å²) in [6, 6.07) is 4.65. The van der Waals surface area contributed by atoms with Gasteiger partial charge in [-0.25, -0.2) is 0 Å². The van der Waals surface area contributed by atoms with Crippen LogP contribution in [0.2, 0.25) is 0 Å². The van der Waals surface area contributed by atoms with Crippen LogP contribution >= 0.6 is 31.9 Å². The summed E-state index contributed by atoms with van der Waals surface area (Å²) >= 11 is 7.81. The molecule has 0 saturated heterocycles. The molecule has 1 nitrogen and oxygen atoms in total. The Labute approximate surface area is 181 Å². The number of halogens is 2. The second-order valence-corrected chi connectivity index (χ2v) is 10.3. The van der Waals surface area contributed by atoms with Crippen molar-refractivity contribution in [2.75, 3.05) is 0 Å². The van der Waals surface area contributed by atoms with Gasteiger partial charge in [0.1, 0.15) is 11.3 Å². The van der Waals surface area contributed by atoms with E-state index in [1.807, 2.05) is 0 Å². The Kier molecular flexibility index (Phi) is 3.54. The van der Waals surface area contributed by atoms with Gasteiger partial charge in [0.25, 0.3) is 0 Å². The SMILES string of the molecule is CC1(C)c2cc(Br)c3c(c2-c2c1c(Br)cc1c4c(oc21)C=CCC4)C=CCC3. The molecule has 3 aliphatic rings. The lowest BCUT2D eigenvalue weighted by Crippen LogP contribution is -2.16. The zero-order valence-electron chi connectivity index (χ0n) is 16.0. The van der Waals surface area contributed by atoms with E-state index in [9.17, 15) is 0 Å². The van der Waals surface area contributed by atoms with Gasteiger partial charge in [-0.3, -0.25) is 0 Å². The van der Waals surface area contributed by atoms with Crippen LogP contribution < -0.4 is 0 Å². The van der Waals surface area contributed by atoms with E-state index in [4.69, 9.17) is 4.42 Å². The number of fused-ring (bicyclic) bond motifs is 9. The van der Waals surface area contributed by atoms with Gasteiger partial charge in [0.15, 0.2) is 0 Å². The molecule has 3 aromatic rings. The molecule has 0 amide bonds. The molecule has 0 atom stereocenters. The number of hydrogen-bond acceptors (Lipinski definition) is 1. The first kappa shape index (κ1) is 17.3. The summed E-state index contributed by atoms with van der Waals surface area (Å²) < 4.78 is 8.95. The molecule has 2 aromatic carbocycles. The number of rotatable bonds is 0. The second kappa shape index (κ2) is 5.73. The van der Waals surface area contributed by atoms with E-state index in [0.717, 1.165) is 37.0 Å². The minimum atomic E-state index is -0.0797. The number of hydrogen-bond donors (Lipinski definition) is 0. The van der Waals surface area contributed by atoms with E-state index in [1.165, 1.54) is 53.3 Å². The molecular formula is C25H20Br2O. The number of aryl methyl sites for hydroxylation is 1. The second-order valence-electron chi connectivity index (χ2n) is 8.61. The lowest BCUT2D eigenvalue weighted by Gasteiger charge is -2.24. The van der Waals surface area contributed by atoms with Gasteiger partial charge in [0.2, 0.25) is 0 Å². The maximum atomic E-state index is 6.52. The highest BCUT2D eigenvalue weighted by Gasteiger charge is 2.42. The molecule has 0 bridgehead atoms. The Morgan fingerprint density at radius 1 is 0.893 bits per heavy atom. The molecule has 0 fully saturated rings. The standard InChI is InChI=1S/C25H20Br2O/c1-25(2)17-12-18(26)13-7-3-4-9-15(13)21(17)22-23(25)19(27)11-16-14-8-5-6-10-20(14)28-24(16)22/h4,6,9-12H,3,5,7-8H2,1-2H3. The molecular weight excluding hydrogens is 476 g/mol. The molecule has 0 aliphatic heterocycles. The van der Waals surface area contributed by atoms with Crippen molar-refractivity contribution in [2.24, 2.45) is 0 Å². The topological polar surface area (TPSA) is 13.1 Å². The van der Waals surface area contributed by atoms with Crippen molar-refractivity contribution in [3.05, 3.63) is 66.8 Å². The van der Waals surface area contributed by atoms with Gasteiger partial charge in [0.05, 0.1) is 0 Å². The fourth-order valence-electron chi connectivity index (χ4n) is 5.40. The van der Waals surface area contributed by atoms with Crippen LogP contribution in [0.1, 0.15) is 60.3 Å². The molecule has 3 aliphatic carbocycles. The summed E-state index contributed by atoms with van der Waals surface area (Å²) in [6.07, 6.45) is 13.3. The molecule has 0 radical (unpaired) electrons. The van der Waals surface area contributed by atoms with Crippen molar-refractivity contribution in [3.63, 3.8) is 0 Å². The van der Waals surface area contributed by atoms with E-state index in [1.54, 1.807) is 0 Å². The number of benzene rings is 2. The number of furan rings is 1. The Balaban J connectivity index is 1.82. The predicted octanol–water partition coefficient (Wildman–Crippen LogP) is 8.18. The summed E-state index contributed by atoms with van der Waals surface area (Å²) in [5.41, 5.74) is 10.5. The third-order valence-corrected chi connectivity index (χ3v) is 8.05. The van der Waals surface area contributed by atoms with Crippen molar-refractivity contribution < 1.29 is 4.42 Å². The van der Waals surface area contributed by atoms with Crippen LogP contribution in [0.4, 0.5) is 0 Å². The van der Waals surface area contributed by atoms with Crippen LogP contribution in [0.3, 0.4) is 0 Å². The smallest absolute Gasteiger partial charge is 0.143 e. The van der Waals surface area contributed by atoms with Crippen molar-refractivity contribution in [1.82, 2.24) is 0 Å². The molecule has 0 unspecified atom stereocenters. The van der Waals surface area contributed by atoms with Crippen LogP contribution in [-0.4, -0.2) is 0 Å². The van der Waals surface area contributed by atoms with E-state index >= 15 is 0 Å². The van der Waals surface area contributed by atoms with Gasteiger partial charge in [-0.15, -0.1) is 0 Å². The van der Waals surface area contributed by atoms with Gasteiger partial charge in [-0.05, 0) is 71.7 Å². The minimum absolute atomic E-state index is 0.0797. The molecule has 0 N–H and O–H groups in total. The molecule has 1 heterocycles. The van der Waals surface area contributed by atoms with E-state index in [-0.39, 0.29) is 5.41 Å². The van der Waals surface area contributed by atoms with Crippen LogP contribution in [-0.2, 0) is 18.3 Å². The summed E-state index contributed by atoms with van der Waals surface area (Å²) in [6.45, 7) is 4.67. The maximum Gasteiger partial charge on any atom is 0.143 e. The predicted molar refractivity (Wildman–Crippen MR) is 124 cm³/mol. The number of allylic oxidation sites excluding steroid dienone is 2. The lowest BCUT2D eigenvalue weighted by atomic mass is 9.81. The third kappa shape index (κ3) is 2.07. The molecule has 3 heteroatoms. The monoisotopic (exact) mass is 494 g/mol. The van der Waals surface area contributed by atoms with Gasteiger partial charge in [0, 0.05) is 30.9 Å². The minimum Gasteiger partial charge on any atom is -0.456 e. The van der Waals surface area contributed by atoms with Crippen molar-refractivity contribution in [1.29, 1.82) is 0 Å². The molecule has 140 valence electrons. The quantitative estimate of drug-likeness (QED) is 0.306. The molecule has 1 aromatic heterocycles. The molecule has 0 saturated carbocycles. The third-order valence-electron chi connectivity index (χ3n) is 6.71. The Morgan fingerprint density at radius 3 is 2.46 bits per heavy atom. The van der Waals surface area contributed by atoms with Crippen LogP contribution in [0.5, 0.6) is 0 Å². The summed E-state index contributed by atoms with van der Waals surface area (Å²) in [5.74, 6) is 1.04. The highest BCUT2D eigenvalue weighted by atomic mass is 79.9. The Hall–Kier alpha value is -1.58. The van der Waals surface area contributed by atoms with Crippen LogP contribution in [0, 0.1) is 0 Å². The van der Waals surface area contributed by atoms with E-state index < -0.39 is 0 Å². The zero-order chi connectivity index (χ0) is 19.2. The first-order valence-electron chi connectivity index (χ1n) is 9.96. The van der Waals surface area contributed by atoms with Crippen molar-refractivity contribution >= 4 is 55.0 Å². The van der Waals surface area contributed by atoms with Gasteiger partial charge < -0.3 is 4.42 Å². The molecule has 28 heavy (non-hydrogen) atoms. The lowest BCUT2D eigenvalue weighted by molar-refractivity contribution is 0.595. The average molecular weight is 496 g/mol. The summed E-state index contributed by atoms with van der Waals surface area (Å²) in [7, 11) is 0. The fourth-order valence-corrected chi connectivity index (χ4v) is 6.96. The van der Waals surface area contributed by atoms with Crippen LogP contribution in [0.15, 0.2) is 37.6 Å². The highest BCUT2D eigenvalue weighted by molar-refractivity contribution is 9.10. The van der Waals surface area contributed by atoms with E-state index in [2.05, 4.69) is 82.1 Å². The van der Waals surface area contributed by atoms with Gasteiger partial charge in [-0.1, -0.05) is 63.9 Å². The highest BCUT2D eigenvalue weighted by Crippen LogP contribution is 2.58. The Morgan fingerprint density at radius 2 is 1.64 bits per heavy atom. The molecule has 0 spiro atoms. The largest absolute Gasteiger partial charge is 0.456 e. The summed E-state index contributed by atoms with van der Waals surface area (Å²) in [4.78, 5) is 0. The van der Waals surface area contributed by atoms with Crippen molar-refractivity contribution in [3.8, 4) is 11.1 Å². The fraction of sp³-hybridized carbons (Fsp3) is 0.280. The van der Waals surface area contributed by atoms with Crippen molar-refractivity contribution in [2.45, 2.75) is 44.9 Å². The zero-order valence-corrected chi connectivity index (χ0v) is 19.1. The van der Waals surface area contributed by atoms with Gasteiger partial charge >= 0.3 is 0 Å². The Bertz CT molecular complexity index is 1250.